The number of nitrogens with one attached hydrogen (secondary N) is 2. The summed E-state index contributed by atoms with van der Waals surface area (Å²) in [6.07, 6.45) is 1.84. The molecule has 0 spiro atoms. The Bertz CT molecular complexity index is 583. The van der Waals surface area contributed by atoms with Gasteiger partial charge in [0.15, 0.2) is 0 Å². The smallest absolute Gasteiger partial charge is 0.224 e. The van der Waals surface area contributed by atoms with Gasteiger partial charge < -0.3 is 10.6 Å². The first kappa shape index (κ1) is 17.2. The molecule has 0 radical (unpaired) electrons. The van der Waals surface area contributed by atoms with Crippen LogP contribution in [-0.4, -0.2) is 19.5 Å². The van der Waals surface area contributed by atoms with Crippen molar-refractivity contribution in [1.82, 2.24) is 10.6 Å². The van der Waals surface area contributed by atoms with Gasteiger partial charge in [0, 0.05) is 12.5 Å². The highest BCUT2D eigenvalue weighted by Crippen LogP contribution is 2.19. The van der Waals surface area contributed by atoms with E-state index in [4.69, 9.17) is 0 Å². The van der Waals surface area contributed by atoms with Crippen molar-refractivity contribution >= 4 is 5.91 Å². The van der Waals surface area contributed by atoms with Crippen LogP contribution < -0.4 is 10.6 Å². The zero-order valence-corrected chi connectivity index (χ0v) is 14.0. The van der Waals surface area contributed by atoms with Gasteiger partial charge in [0.1, 0.15) is 0 Å². The molecular weight excluding hydrogens is 284 g/mol. The van der Waals surface area contributed by atoms with E-state index in [1.54, 1.807) is 0 Å². The molecule has 2 aromatic carbocycles. The van der Waals surface area contributed by atoms with Crippen LogP contribution in [0.5, 0.6) is 0 Å². The molecule has 1 amide bonds. The standard InChI is InChI=1S/C20H26N2O/c1-16(15-21-2)20(23)22-19(18-11-7-4-8-12-18)14-13-17-9-5-3-6-10-17/h3-12,16,19,21H,13-15H2,1-2H3,(H,22,23). The fourth-order valence-corrected chi connectivity index (χ4v) is 2.68. The molecule has 0 saturated heterocycles. The van der Waals surface area contributed by atoms with Gasteiger partial charge >= 0.3 is 0 Å². The average Bonchev–Trinajstić information content (AvgIpc) is 2.60. The van der Waals surface area contributed by atoms with Gasteiger partial charge in [0.25, 0.3) is 0 Å². The second-order valence-electron chi connectivity index (χ2n) is 5.95. The van der Waals surface area contributed by atoms with Gasteiger partial charge in [-0.25, -0.2) is 0 Å². The second kappa shape index (κ2) is 9.11. The Hall–Kier alpha value is -2.13. The maximum Gasteiger partial charge on any atom is 0.224 e. The molecule has 2 aromatic rings. The minimum absolute atomic E-state index is 0.0389. The third-order valence-corrected chi connectivity index (χ3v) is 4.04. The molecule has 122 valence electrons. The Morgan fingerprint density at radius 2 is 1.61 bits per heavy atom. The third-order valence-electron chi connectivity index (χ3n) is 4.04. The molecule has 2 N–H and O–H groups in total. The van der Waals surface area contributed by atoms with Crippen LogP contribution in [0.3, 0.4) is 0 Å². The van der Waals surface area contributed by atoms with E-state index in [2.05, 4.69) is 47.0 Å². The highest BCUT2D eigenvalue weighted by Gasteiger charge is 2.18. The lowest BCUT2D eigenvalue weighted by Gasteiger charge is -2.22. The summed E-state index contributed by atoms with van der Waals surface area (Å²) in [5.41, 5.74) is 2.46. The summed E-state index contributed by atoms with van der Waals surface area (Å²) in [6.45, 7) is 2.64. The van der Waals surface area contributed by atoms with Crippen LogP contribution in [0.4, 0.5) is 0 Å². The molecule has 0 fully saturated rings. The number of carbonyl (C=O) groups is 1. The molecule has 3 nitrogen and oxygen atoms in total. The molecule has 2 atom stereocenters. The zero-order valence-electron chi connectivity index (χ0n) is 14.0. The largest absolute Gasteiger partial charge is 0.349 e. The molecule has 0 aliphatic rings. The van der Waals surface area contributed by atoms with Crippen molar-refractivity contribution in [2.75, 3.05) is 13.6 Å². The van der Waals surface area contributed by atoms with E-state index >= 15 is 0 Å². The topological polar surface area (TPSA) is 41.1 Å². The Balaban J connectivity index is 2.05. The molecule has 0 aromatic heterocycles. The number of carbonyl (C=O) groups excluding carboxylic acids is 1. The number of aryl methyl sites for hydroxylation is 1. The van der Waals surface area contributed by atoms with Crippen molar-refractivity contribution in [3.63, 3.8) is 0 Å². The summed E-state index contributed by atoms with van der Waals surface area (Å²) in [4.78, 5) is 12.4. The van der Waals surface area contributed by atoms with Gasteiger partial charge in [-0.15, -0.1) is 0 Å². The highest BCUT2D eigenvalue weighted by molar-refractivity contribution is 5.79. The van der Waals surface area contributed by atoms with Crippen LogP contribution in [0.15, 0.2) is 60.7 Å². The minimum atomic E-state index is -0.0389. The molecule has 0 bridgehead atoms. The monoisotopic (exact) mass is 310 g/mol. The lowest BCUT2D eigenvalue weighted by atomic mass is 9.98. The van der Waals surface area contributed by atoms with Gasteiger partial charge in [-0.3, -0.25) is 4.79 Å². The Labute approximate surface area is 139 Å². The van der Waals surface area contributed by atoms with E-state index in [0.29, 0.717) is 6.54 Å². The molecule has 0 aliphatic carbocycles. The fraction of sp³-hybridized carbons (Fsp3) is 0.350. The SMILES string of the molecule is CNCC(C)C(=O)NC(CCc1ccccc1)c1ccccc1. The van der Waals surface area contributed by atoms with E-state index in [9.17, 15) is 4.79 Å². The van der Waals surface area contributed by atoms with Gasteiger partial charge in [0.2, 0.25) is 5.91 Å². The highest BCUT2D eigenvalue weighted by atomic mass is 16.1. The molecule has 0 saturated carbocycles. The first-order chi connectivity index (χ1) is 11.2. The molecule has 2 unspecified atom stereocenters. The molecule has 3 heteroatoms. The number of hydrogen-bond donors (Lipinski definition) is 2. The van der Waals surface area contributed by atoms with Crippen LogP contribution in [-0.2, 0) is 11.2 Å². The van der Waals surface area contributed by atoms with Crippen LogP contribution >= 0.6 is 0 Å². The summed E-state index contributed by atoms with van der Waals surface area (Å²) in [5, 5.41) is 6.27. The van der Waals surface area contributed by atoms with Crippen molar-refractivity contribution in [2.24, 2.45) is 5.92 Å². The minimum Gasteiger partial charge on any atom is -0.349 e. The van der Waals surface area contributed by atoms with Crippen molar-refractivity contribution in [1.29, 1.82) is 0 Å². The van der Waals surface area contributed by atoms with E-state index in [0.717, 1.165) is 18.4 Å². The second-order valence-corrected chi connectivity index (χ2v) is 5.95. The lowest BCUT2D eigenvalue weighted by Crippen LogP contribution is -2.36. The van der Waals surface area contributed by atoms with Crippen LogP contribution in [0.25, 0.3) is 0 Å². The van der Waals surface area contributed by atoms with Crippen LogP contribution in [0.2, 0.25) is 0 Å². The maximum absolute atomic E-state index is 12.4. The molecule has 23 heavy (non-hydrogen) atoms. The fourth-order valence-electron chi connectivity index (χ4n) is 2.68. The summed E-state index contributed by atoms with van der Waals surface area (Å²) in [6, 6.07) is 20.7. The van der Waals surface area contributed by atoms with Crippen molar-refractivity contribution < 1.29 is 4.79 Å². The number of benzene rings is 2. The van der Waals surface area contributed by atoms with Gasteiger partial charge in [-0.2, -0.15) is 0 Å². The third kappa shape index (κ3) is 5.53. The van der Waals surface area contributed by atoms with Gasteiger partial charge in [-0.1, -0.05) is 67.6 Å². The van der Waals surface area contributed by atoms with Crippen LogP contribution in [0, 0.1) is 5.92 Å². The quantitative estimate of drug-likeness (QED) is 0.785. The lowest BCUT2D eigenvalue weighted by molar-refractivity contribution is -0.125. The van der Waals surface area contributed by atoms with E-state index in [-0.39, 0.29) is 17.9 Å². The molecule has 0 aliphatic heterocycles. The normalized spacial score (nSPS) is 13.3. The van der Waals surface area contributed by atoms with E-state index < -0.39 is 0 Å². The van der Waals surface area contributed by atoms with E-state index in [1.165, 1.54) is 5.56 Å². The van der Waals surface area contributed by atoms with E-state index in [1.807, 2.05) is 38.2 Å². The molecular formula is C20H26N2O. The number of hydrogen-bond acceptors (Lipinski definition) is 2. The van der Waals surface area contributed by atoms with Crippen molar-refractivity contribution in [3.8, 4) is 0 Å². The average molecular weight is 310 g/mol. The Morgan fingerprint density at radius 1 is 1.00 bits per heavy atom. The van der Waals surface area contributed by atoms with Gasteiger partial charge in [-0.05, 0) is 31.0 Å². The first-order valence-electron chi connectivity index (χ1n) is 8.24. The number of rotatable bonds is 8. The predicted molar refractivity (Wildman–Crippen MR) is 95.2 cm³/mol. The number of amides is 1. The van der Waals surface area contributed by atoms with Gasteiger partial charge in [0.05, 0.1) is 6.04 Å². The van der Waals surface area contributed by atoms with Crippen molar-refractivity contribution in [2.45, 2.75) is 25.8 Å². The summed E-state index contributed by atoms with van der Waals surface area (Å²) < 4.78 is 0. The predicted octanol–water partition coefficient (Wildman–Crippen LogP) is 3.33. The summed E-state index contributed by atoms with van der Waals surface area (Å²) in [5.74, 6) is 0.0594. The molecule has 0 heterocycles. The summed E-state index contributed by atoms with van der Waals surface area (Å²) >= 11 is 0. The van der Waals surface area contributed by atoms with Crippen molar-refractivity contribution in [3.05, 3.63) is 71.8 Å². The maximum atomic E-state index is 12.4. The molecule has 2 rings (SSSR count). The van der Waals surface area contributed by atoms with Crippen LogP contribution in [0.1, 0.15) is 30.5 Å². The Morgan fingerprint density at radius 3 is 2.22 bits per heavy atom. The Kier molecular flexibility index (Phi) is 6.82. The zero-order chi connectivity index (χ0) is 16.5. The summed E-state index contributed by atoms with van der Waals surface area (Å²) in [7, 11) is 1.87. The first-order valence-corrected chi connectivity index (χ1v) is 8.24.